The van der Waals surface area contributed by atoms with Gasteiger partial charge < -0.3 is 0 Å². The lowest BCUT2D eigenvalue weighted by atomic mass is 9.99. The van der Waals surface area contributed by atoms with Gasteiger partial charge in [0, 0.05) is 21.5 Å². The molecule has 7 rings (SSSR count). The number of hydrogen-bond acceptors (Lipinski definition) is 5. The Kier molecular flexibility index (Phi) is 6.10. The number of fused-ring (bicyclic) bond motifs is 7. The Hall–Kier alpha value is -5.45. The van der Waals surface area contributed by atoms with Crippen molar-refractivity contribution in [1.82, 2.24) is 0 Å². The molecule has 4 nitrogen and oxygen atoms in total. The van der Waals surface area contributed by atoms with Crippen molar-refractivity contribution in [3.63, 3.8) is 0 Å². The Balaban J connectivity index is 1.54. The number of thiophene rings is 1. The standard InChI is InChI=1S/C34H15F5N4S/c1-16-6-19(9-22(35)7-16)17-2-4-24-26(11-17)30(42-14-40)32-28(24)29-25-5-3-18(12-27(25)31(43-15-41)33(29)44-32)20-8-21(34(37,38)39)13-23(36)10-20/h2-13H,1H3. The van der Waals surface area contributed by atoms with Crippen LogP contribution >= 0.6 is 11.3 Å². The smallest absolute Gasteiger partial charge is 0.207 e. The van der Waals surface area contributed by atoms with Crippen LogP contribution in [0.3, 0.4) is 0 Å². The normalized spacial score (nSPS) is 13.0. The van der Waals surface area contributed by atoms with Crippen LogP contribution in [-0.2, 0) is 6.18 Å². The fourth-order valence-corrected chi connectivity index (χ4v) is 7.28. The summed E-state index contributed by atoms with van der Waals surface area (Å²) < 4.78 is 70.0. The molecule has 6 aromatic carbocycles. The Labute approximate surface area is 249 Å². The zero-order valence-corrected chi connectivity index (χ0v) is 23.3. The molecule has 0 spiro atoms. The van der Waals surface area contributed by atoms with Crippen molar-refractivity contribution in [3.8, 4) is 34.6 Å². The van der Waals surface area contributed by atoms with Crippen molar-refractivity contribution >= 4 is 53.1 Å². The average Bonchev–Trinajstić information content (AvgIpc) is 3.59. The van der Waals surface area contributed by atoms with E-state index in [4.69, 9.17) is 0 Å². The molecule has 0 aliphatic heterocycles. The van der Waals surface area contributed by atoms with Gasteiger partial charge in [-0.2, -0.15) is 33.7 Å². The summed E-state index contributed by atoms with van der Waals surface area (Å²) in [5.41, 5.74) is 1.43. The molecule has 0 aliphatic rings. The third-order valence-electron chi connectivity index (χ3n) is 7.68. The molecule has 0 N–H and O–H groups in total. The molecular weight excluding hydrogens is 591 g/mol. The van der Waals surface area contributed by atoms with Gasteiger partial charge in [-0.05, 0) is 88.0 Å². The first kappa shape index (κ1) is 27.4. The summed E-state index contributed by atoms with van der Waals surface area (Å²) in [5, 5.41) is 24.1. The second-order valence-electron chi connectivity index (χ2n) is 10.4. The molecule has 1 aromatic heterocycles. The van der Waals surface area contributed by atoms with Crippen molar-refractivity contribution in [2.75, 3.05) is 0 Å². The molecule has 212 valence electrons. The van der Waals surface area contributed by atoms with Gasteiger partial charge in [-0.3, -0.25) is 0 Å². The Bertz CT molecular complexity index is 2530. The first-order valence-electron chi connectivity index (χ1n) is 13.1. The number of nitrogens with zero attached hydrogens (tertiary/aromatic N) is 4. The first-order valence-corrected chi connectivity index (χ1v) is 14.0. The van der Waals surface area contributed by atoms with E-state index in [9.17, 15) is 32.5 Å². The molecule has 10 heteroatoms. The summed E-state index contributed by atoms with van der Waals surface area (Å²) in [6, 6.07) is 17.6. The van der Waals surface area contributed by atoms with E-state index in [0.717, 1.165) is 39.4 Å². The molecule has 0 atom stereocenters. The summed E-state index contributed by atoms with van der Waals surface area (Å²) in [5.74, 6) is -1.39. The fourth-order valence-electron chi connectivity index (χ4n) is 5.94. The van der Waals surface area contributed by atoms with Gasteiger partial charge in [0.1, 0.15) is 22.3 Å². The number of benzene rings is 4. The van der Waals surface area contributed by atoms with Crippen LogP contribution in [-0.4, -0.2) is 0 Å². The highest BCUT2D eigenvalue weighted by Gasteiger charge is 2.31. The van der Waals surface area contributed by atoms with E-state index in [1.807, 2.05) is 36.7 Å². The number of aryl methyl sites for hydroxylation is 1. The predicted molar refractivity (Wildman–Crippen MR) is 160 cm³/mol. The Morgan fingerprint density at radius 2 is 1.11 bits per heavy atom. The minimum Gasteiger partial charge on any atom is -0.207 e. The molecule has 44 heavy (non-hydrogen) atoms. The van der Waals surface area contributed by atoms with Crippen LogP contribution in [0.5, 0.6) is 0 Å². The quantitative estimate of drug-likeness (QED) is 0.146. The van der Waals surface area contributed by atoms with E-state index in [-0.39, 0.29) is 11.4 Å². The lowest BCUT2D eigenvalue weighted by Gasteiger charge is -2.10. The highest BCUT2D eigenvalue weighted by molar-refractivity contribution is 7.26. The summed E-state index contributed by atoms with van der Waals surface area (Å²) in [6.45, 7) is 1.80. The minimum absolute atomic E-state index is 0.0332. The number of alkyl halides is 3. The summed E-state index contributed by atoms with van der Waals surface area (Å²) >= 11 is 1.30. The van der Waals surface area contributed by atoms with Gasteiger partial charge in [-0.25, -0.2) is 8.78 Å². The zero-order valence-electron chi connectivity index (χ0n) is 22.5. The van der Waals surface area contributed by atoms with E-state index in [1.54, 1.807) is 25.1 Å². The largest absolute Gasteiger partial charge is 0.416 e. The van der Waals surface area contributed by atoms with E-state index < -0.39 is 17.6 Å². The maximum absolute atomic E-state index is 14.2. The second-order valence-corrected chi connectivity index (χ2v) is 11.4. The number of nitriles is 2. The van der Waals surface area contributed by atoms with Gasteiger partial charge in [0.05, 0.1) is 15.0 Å². The van der Waals surface area contributed by atoms with Crippen LogP contribution in [0.4, 0.5) is 22.0 Å². The van der Waals surface area contributed by atoms with E-state index in [2.05, 4.69) is 9.98 Å². The third kappa shape index (κ3) is 4.23. The Morgan fingerprint density at radius 1 is 0.614 bits per heavy atom. The summed E-state index contributed by atoms with van der Waals surface area (Å²) in [7, 11) is 0. The number of rotatable bonds is 2. The minimum atomic E-state index is -4.73. The molecule has 1 heterocycles. The fraction of sp³-hybridized carbons (Fsp3) is 0.0588. The van der Waals surface area contributed by atoms with Gasteiger partial charge in [-0.15, -0.1) is 11.3 Å². The van der Waals surface area contributed by atoms with Gasteiger partial charge >= 0.3 is 6.18 Å². The lowest BCUT2D eigenvalue weighted by molar-refractivity contribution is -0.137. The zero-order chi connectivity index (χ0) is 30.9. The second kappa shape index (κ2) is 9.80. The molecule has 0 aliphatic carbocycles. The van der Waals surface area contributed by atoms with E-state index in [0.29, 0.717) is 53.5 Å². The van der Waals surface area contributed by atoms with Crippen LogP contribution in [0.25, 0.3) is 64.0 Å². The molecule has 0 fully saturated rings. The van der Waals surface area contributed by atoms with Crippen LogP contribution in [0.15, 0.2) is 82.8 Å². The molecule has 0 saturated carbocycles. The summed E-state index contributed by atoms with van der Waals surface area (Å²) in [6.07, 6.45) is -1.03. The molecule has 0 saturated heterocycles. The van der Waals surface area contributed by atoms with Gasteiger partial charge in [0.2, 0.25) is 12.4 Å². The maximum Gasteiger partial charge on any atom is 0.416 e. The topological polar surface area (TPSA) is 72.3 Å². The van der Waals surface area contributed by atoms with Gasteiger partial charge in [-0.1, -0.05) is 30.3 Å². The lowest BCUT2D eigenvalue weighted by Crippen LogP contribution is -2.05. The number of halogens is 5. The maximum atomic E-state index is 14.2. The van der Waals surface area contributed by atoms with Crippen molar-refractivity contribution < 1.29 is 22.0 Å². The monoisotopic (exact) mass is 606 g/mol. The number of hydrogen-bond donors (Lipinski definition) is 0. The highest BCUT2D eigenvalue weighted by Crippen LogP contribution is 2.43. The first-order chi connectivity index (χ1) is 21.1. The van der Waals surface area contributed by atoms with Gasteiger partial charge in [0.15, 0.2) is 0 Å². The van der Waals surface area contributed by atoms with Gasteiger partial charge in [0.25, 0.3) is 0 Å². The highest BCUT2D eigenvalue weighted by atomic mass is 32.1. The van der Waals surface area contributed by atoms with E-state index in [1.165, 1.54) is 23.5 Å². The summed E-state index contributed by atoms with van der Waals surface area (Å²) in [4.78, 5) is 8.20. The van der Waals surface area contributed by atoms with E-state index >= 15 is 0 Å². The van der Waals surface area contributed by atoms with Crippen molar-refractivity contribution in [2.45, 2.75) is 13.1 Å². The third-order valence-corrected chi connectivity index (χ3v) is 8.89. The van der Waals surface area contributed by atoms with Crippen LogP contribution in [0.1, 0.15) is 11.1 Å². The van der Waals surface area contributed by atoms with Crippen molar-refractivity contribution in [2.24, 2.45) is 9.98 Å². The van der Waals surface area contributed by atoms with Crippen molar-refractivity contribution in [3.05, 3.63) is 106 Å². The predicted octanol–water partition coefficient (Wildman–Crippen LogP) is 8.94. The SMILES string of the molecule is Cc1cc(F)cc(-c2ccc3c(c2)c(=NC#N)c2sc4c(=NC#N)c5cc(-c6cc(F)cc(C(F)(F)F)c6)ccc5c4c23)c1. The van der Waals surface area contributed by atoms with Crippen molar-refractivity contribution in [1.29, 1.82) is 10.5 Å². The molecule has 7 aromatic rings. The average molecular weight is 607 g/mol. The molecular formula is C34H15F5N4S. The molecule has 0 unspecified atom stereocenters. The van der Waals surface area contributed by atoms with Crippen LogP contribution in [0.2, 0.25) is 0 Å². The molecule has 0 bridgehead atoms. The van der Waals surface area contributed by atoms with Crippen LogP contribution in [0, 0.1) is 41.5 Å². The van der Waals surface area contributed by atoms with Crippen LogP contribution < -0.4 is 10.7 Å². The molecule has 0 amide bonds. The molecule has 0 radical (unpaired) electrons. The Morgan fingerprint density at radius 3 is 1.59 bits per heavy atom.